The molecular weight excluding hydrogens is 830 g/mol. The van der Waals surface area contributed by atoms with Gasteiger partial charge in [-0.25, -0.2) is 14.0 Å². The van der Waals surface area contributed by atoms with Crippen molar-refractivity contribution in [2.45, 2.75) is 131 Å². The van der Waals surface area contributed by atoms with Gasteiger partial charge in [0.05, 0.1) is 35.8 Å². The van der Waals surface area contributed by atoms with Crippen LogP contribution >= 0.6 is 0 Å². The van der Waals surface area contributed by atoms with Gasteiger partial charge in [-0.1, -0.05) is 26.8 Å². The number of ether oxygens (including phenoxy) is 5. The number of hydrogen-bond acceptors (Lipinski definition) is 12. The average Bonchev–Trinajstić information content (AvgIpc) is 3.47. The van der Waals surface area contributed by atoms with Gasteiger partial charge in [0, 0.05) is 17.3 Å². The standard InChI is InChI=1S/C40H59F3N4O11SSi/c1-13-60(14-2,15-3)58-32(26-16-19-29(41)31(22-26)46(59(51)52)25-33(48)55-38(4,5)6)24-45(36(49)56-39(7,8)9)20-21-53-27-17-18-28-30(23-27)47(37(50)57-40(10,11)12)44-34(28)54-35(42)43/h16-19,22-23,32,35H,13-15,20-21,24-25H2,1-12H3,(H,51,52)/p-1. The van der Waals surface area contributed by atoms with Gasteiger partial charge in [-0.05, 0) is 110 Å². The summed E-state index contributed by atoms with van der Waals surface area (Å²) in [6.45, 7) is 16.4. The van der Waals surface area contributed by atoms with Crippen molar-refractivity contribution in [3.05, 3.63) is 47.8 Å². The van der Waals surface area contributed by atoms with Crippen molar-refractivity contribution >= 4 is 54.3 Å². The van der Waals surface area contributed by atoms with Crippen molar-refractivity contribution in [3.63, 3.8) is 0 Å². The Balaban J connectivity index is 2.05. The number of carbonyl (C=O) groups excluding carboxylic acids is 3. The van der Waals surface area contributed by atoms with Crippen molar-refractivity contribution < 1.29 is 64.4 Å². The van der Waals surface area contributed by atoms with Crippen LogP contribution < -0.4 is 13.8 Å². The average molecular weight is 888 g/mol. The molecule has 2 aromatic carbocycles. The highest BCUT2D eigenvalue weighted by Gasteiger charge is 2.36. The summed E-state index contributed by atoms with van der Waals surface area (Å²) in [5.74, 6) is -2.14. The molecule has 0 spiro atoms. The van der Waals surface area contributed by atoms with E-state index in [1.54, 1.807) is 62.3 Å². The van der Waals surface area contributed by atoms with E-state index in [9.17, 15) is 31.9 Å². The number of halogens is 3. The molecule has 2 unspecified atom stereocenters. The van der Waals surface area contributed by atoms with E-state index in [0.717, 1.165) is 10.7 Å². The molecular formula is C40H58F3N4O11SSi-. The number of fused-ring (bicyclic) bond motifs is 1. The Hall–Kier alpha value is -4.40. The van der Waals surface area contributed by atoms with Crippen molar-refractivity contribution in [2.75, 3.05) is 30.5 Å². The number of carbonyl (C=O) groups is 3. The fourth-order valence-corrected chi connectivity index (χ4v) is 9.30. The first-order chi connectivity index (χ1) is 27.7. The quantitative estimate of drug-likeness (QED) is 0.0515. The van der Waals surface area contributed by atoms with E-state index in [4.69, 9.17) is 23.4 Å². The zero-order valence-corrected chi connectivity index (χ0v) is 38.2. The molecule has 0 N–H and O–H groups in total. The first-order valence-corrected chi connectivity index (χ1v) is 23.1. The molecule has 3 aromatic rings. The van der Waals surface area contributed by atoms with Crippen LogP contribution in [0.1, 0.15) is 94.8 Å². The molecule has 0 aliphatic heterocycles. The summed E-state index contributed by atoms with van der Waals surface area (Å²) in [6.07, 6.45) is -2.61. The first kappa shape index (κ1) is 50.0. The Morgan fingerprint density at radius 1 is 0.883 bits per heavy atom. The van der Waals surface area contributed by atoms with Crippen LogP contribution in [0.25, 0.3) is 10.9 Å². The topological polar surface area (TPSA) is 171 Å². The molecule has 1 heterocycles. The van der Waals surface area contributed by atoms with Crippen LogP contribution in [0.2, 0.25) is 18.1 Å². The maximum Gasteiger partial charge on any atom is 0.435 e. The summed E-state index contributed by atoms with van der Waals surface area (Å²) in [7, 11) is -2.51. The smallest absolute Gasteiger partial charge is 0.435 e. The summed E-state index contributed by atoms with van der Waals surface area (Å²) in [5, 5.41) is 4.00. The molecule has 0 radical (unpaired) electrons. The number of amides is 1. The molecule has 20 heteroatoms. The van der Waals surface area contributed by atoms with Gasteiger partial charge < -0.3 is 37.6 Å². The monoisotopic (exact) mass is 887 g/mol. The molecule has 1 amide bonds. The number of esters is 1. The molecule has 2 atom stereocenters. The summed E-state index contributed by atoms with van der Waals surface area (Å²) < 4.78 is 102. The second kappa shape index (κ2) is 20.4. The first-order valence-electron chi connectivity index (χ1n) is 19.6. The third kappa shape index (κ3) is 14.7. The summed E-state index contributed by atoms with van der Waals surface area (Å²) in [5.41, 5.74) is -2.82. The van der Waals surface area contributed by atoms with E-state index in [1.165, 1.54) is 35.2 Å². The van der Waals surface area contributed by atoms with E-state index in [-0.39, 0.29) is 36.3 Å². The van der Waals surface area contributed by atoms with Crippen LogP contribution in [0.4, 0.5) is 28.4 Å². The maximum atomic E-state index is 15.5. The minimum absolute atomic E-state index is 0.0571. The molecule has 0 aliphatic carbocycles. The minimum atomic E-state index is -3.22. The summed E-state index contributed by atoms with van der Waals surface area (Å²) >= 11 is -3.09. The van der Waals surface area contributed by atoms with Crippen molar-refractivity contribution in [1.29, 1.82) is 0 Å². The highest BCUT2D eigenvalue weighted by Crippen LogP contribution is 2.35. The van der Waals surface area contributed by atoms with Crippen LogP contribution in [0.15, 0.2) is 36.4 Å². The predicted molar refractivity (Wildman–Crippen MR) is 221 cm³/mol. The third-order valence-corrected chi connectivity index (χ3v) is 14.2. The molecule has 15 nitrogen and oxygen atoms in total. The molecule has 0 aliphatic rings. The molecule has 0 fully saturated rings. The number of aromatic nitrogens is 2. The lowest BCUT2D eigenvalue weighted by molar-refractivity contribution is -0.152. The number of rotatable bonds is 18. The Kier molecular flexibility index (Phi) is 17.0. The number of nitrogens with zero attached hydrogens (tertiary/aromatic N) is 4. The SMILES string of the molecule is CC[Si](CC)(CC)OC(CN(CCOc1ccc2c(OC(F)F)nn(C(=O)OC(C)(C)C)c2c1)C(=O)OC(C)(C)C)c1ccc(F)c(N(CC(=O)OC(C)(C)C)S(=O)[O-])c1. The normalized spacial score (nSPS) is 13.5. The second-order valence-corrected chi connectivity index (χ2v) is 22.5. The zero-order valence-electron chi connectivity index (χ0n) is 36.4. The van der Waals surface area contributed by atoms with Gasteiger partial charge in [-0.2, -0.15) is 13.5 Å². The molecule has 3 rings (SSSR count). The van der Waals surface area contributed by atoms with Crippen molar-refractivity contribution in [2.24, 2.45) is 0 Å². The Morgan fingerprint density at radius 2 is 1.48 bits per heavy atom. The fourth-order valence-electron chi connectivity index (χ4n) is 5.97. The largest absolute Gasteiger partial charge is 0.755 e. The van der Waals surface area contributed by atoms with Crippen LogP contribution in [0, 0.1) is 5.82 Å². The van der Waals surface area contributed by atoms with Gasteiger partial charge in [0.1, 0.15) is 41.5 Å². The van der Waals surface area contributed by atoms with E-state index < -0.39 is 91.2 Å². The van der Waals surface area contributed by atoms with E-state index >= 15 is 4.39 Å². The minimum Gasteiger partial charge on any atom is -0.755 e. The third-order valence-electron chi connectivity index (χ3n) is 8.86. The molecule has 0 bridgehead atoms. The van der Waals surface area contributed by atoms with Gasteiger partial charge in [0.25, 0.3) is 0 Å². The number of alkyl halides is 2. The van der Waals surface area contributed by atoms with E-state index in [0.29, 0.717) is 28.0 Å². The summed E-state index contributed by atoms with van der Waals surface area (Å²) in [4.78, 5) is 40.9. The van der Waals surface area contributed by atoms with Crippen LogP contribution in [0.5, 0.6) is 11.6 Å². The Labute approximate surface area is 353 Å². The van der Waals surface area contributed by atoms with Crippen LogP contribution in [-0.2, 0) is 34.7 Å². The Morgan fingerprint density at radius 3 is 2.02 bits per heavy atom. The number of anilines is 1. The highest BCUT2D eigenvalue weighted by atomic mass is 32.2. The number of hydrogen-bond donors (Lipinski definition) is 0. The van der Waals surface area contributed by atoms with Crippen LogP contribution in [0.3, 0.4) is 0 Å². The predicted octanol–water partition coefficient (Wildman–Crippen LogP) is 8.88. The fraction of sp³-hybridized carbons (Fsp3) is 0.600. The number of benzene rings is 2. The lowest BCUT2D eigenvalue weighted by Gasteiger charge is -2.37. The van der Waals surface area contributed by atoms with E-state index in [2.05, 4.69) is 9.84 Å². The lowest BCUT2D eigenvalue weighted by Crippen LogP contribution is -2.45. The van der Waals surface area contributed by atoms with Crippen molar-refractivity contribution in [1.82, 2.24) is 14.7 Å². The molecule has 1 aromatic heterocycles. The lowest BCUT2D eigenvalue weighted by atomic mass is 10.1. The zero-order chi connectivity index (χ0) is 45.4. The van der Waals surface area contributed by atoms with Gasteiger partial charge in [-0.3, -0.25) is 13.3 Å². The Bertz CT molecular complexity index is 1970. The second-order valence-electron chi connectivity index (χ2n) is 16.9. The molecule has 0 saturated heterocycles. The molecule has 336 valence electrons. The van der Waals surface area contributed by atoms with Crippen molar-refractivity contribution in [3.8, 4) is 11.6 Å². The van der Waals surface area contributed by atoms with Gasteiger partial charge in [0.2, 0.25) is 5.88 Å². The van der Waals surface area contributed by atoms with Gasteiger partial charge in [0.15, 0.2) is 8.32 Å². The molecule has 60 heavy (non-hydrogen) atoms. The van der Waals surface area contributed by atoms with Gasteiger partial charge in [-0.15, -0.1) is 5.10 Å². The van der Waals surface area contributed by atoms with E-state index in [1.807, 2.05) is 20.8 Å². The highest BCUT2D eigenvalue weighted by molar-refractivity contribution is 7.80. The van der Waals surface area contributed by atoms with Gasteiger partial charge >= 0.3 is 24.8 Å². The maximum absolute atomic E-state index is 15.5. The van der Waals surface area contributed by atoms with Crippen LogP contribution in [-0.4, -0.2) is 99.6 Å². The molecule has 0 saturated carbocycles. The summed E-state index contributed by atoms with van der Waals surface area (Å²) in [6, 6.07) is 10.1.